The zero-order chi connectivity index (χ0) is 18.4. The van der Waals surface area contributed by atoms with Crippen molar-refractivity contribution in [3.8, 4) is 0 Å². The molecule has 0 saturated carbocycles. The number of carbonyl (C=O) groups is 3. The van der Waals surface area contributed by atoms with Crippen molar-refractivity contribution >= 4 is 32.5 Å². The number of carbonyl (C=O) groups excluding carboxylic acids is 3. The lowest BCUT2D eigenvalue weighted by Crippen LogP contribution is -2.32. The molecule has 0 aromatic heterocycles. The molecule has 0 unspecified atom stereocenters. The lowest BCUT2D eigenvalue weighted by Gasteiger charge is -2.24. The first kappa shape index (κ1) is 17.3. The van der Waals surface area contributed by atoms with Gasteiger partial charge in [-0.2, -0.15) is 0 Å². The minimum absolute atomic E-state index is 0.0869. The number of halogens is 1. The monoisotopic (exact) mass is 369 g/mol. The van der Waals surface area contributed by atoms with Gasteiger partial charge in [-0.3, -0.25) is 14.5 Å². The number of hydrogen-bond acceptors (Lipinski definition) is 6. The van der Waals surface area contributed by atoms with Crippen LogP contribution in [0.15, 0.2) is 18.2 Å². The second-order valence-corrected chi connectivity index (χ2v) is 8.25. The van der Waals surface area contributed by atoms with E-state index in [0.29, 0.717) is 0 Å². The van der Waals surface area contributed by atoms with Crippen molar-refractivity contribution < 1.29 is 27.7 Å². The van der Waals surface area contributed by atoms with E-state index in [1.165, 1.54) is 12.1 Å². The predicted molar refractivity (Wildman–Crippen MR) is 85.9 cm³/mol. The molecular weight excluding hydrogens is 353 g/mol. The maximum absolute atomic E-state index is 14.5. The average molecular weight is 369 g/mol. The van der Waals surface area contributed by atoms with Gasteiger partial charge >= 0.3 is 6.09 Å². The van der Waals surface area contributed by atoms with Gasteiger partial charge in [0.05, 0.1) is 12.2 Å². The van der Waals surface area contributed by atoms with Gasteiger partial charge in [-0.1, -0.05) is 6.07 Å². The Morgan fingerprint density at radius 2 is 2.12 bits per heavy atom. The molecule has 2 heterocycles. The van der Waals surface area contributed by atoms with E-state index in [1.54, 1.807) is 0 Å². The zero-order valence-corrected chi connectivity index (χ0v) is 13.9. The summed E-state index contributed by atoms with van der Waals surface area (Å²) >= 11 is 0. The van der Waals surface area contributed by atoms with Crippen LogP contribution in [-0.2, 0) is 24.1 Å². The summed E-state index contributed by atoms with van der Waals surface area (Å²) in [6.45, 7) is -0.101. The molecule has 1 aromatic carbocycles. The molecule has 3 N–H and O–H groups in total. The third-order valence-electron chi connectivity index (χ3n) is 4.40. The average Bonchev–Trinajstić information content (AvgIpc) is 2.92. The Kier molecular flexibility index (Phi) is 4.23. The molecule has 2 fully saturated rings. The lowest BCUT2D eigenvalue weighted by atomic mass is 9.92. The van der Waals surface area contributed by atoms with E-state index >= 15 is 0 Å². The number of hydrogen-bond donors (Lipinski definition) is 2. The first-order chi connectivity index (χ1) is 11.7. The number of ether oxygens (including phenoxy) is 1. The van der Waals surface area contributed by atoms with Gasteiger partial charge < -0.3 is 10.5 Å². The van der Waals surface area contributed by atoms with Crippen LogP contribution in [0.3, 0.4) is 0 Å². The topological polar surface area (TPSA) is 131 Å². The summed E-state index contributed by atoms with van der Waals surface area (Å²) in [5.41, 5.74) is 5.58. The first-order valence-corrected chi connectivity index (χ1v) is 9.28. The first-order valence-electron chi connectivity index (χ1n) is 7.55. The third-order valence-corrected chi connectivity index (χ3v) is 6.11. The van der Waals surface area contributed by atoms with E-state index in [2.05, 4.69) is 0 Å². The molecule has 3 rings (SSSR count). The fourth-order valence-electron chi connectivity index (χ4n) is 2.96. The smallest absolute Gasteiger partial charge is 0.415 e. The summed E-state index contributed by atoms with van der Waals surface area (Å²) in [6.07, 6.45) is -1.75. The van der Waals surface area contributed by atoms with Crippen LogP contribution in [0.25, 0.3) is 0 Å². The molecule has 1 aromatic rings. The van der Waals surface area contributed by atoms with Crippen molar-refractivity contribution in [2.45, 2.75) is 24.9 Å². The molecule has 2 amide bonds. The number of nitrogens with two attached hydrogens (primary N) is 1. The van der Waals surface area contributed by atoms with Gasteiger partial charge in [0.25, 0.3) is 5.91 Å². The molecule has 10 heteroatoms. The van der Waals surface area contributed by atoms with Crippen LogP contribution in [0.5, 0.6) is 0 Å². The van der Waals surface area contributed by atoms with Crippen LogP contribution in [0.2, 0.25) is 0 Å². The van der Waals surface area contributed by atoms with Crippen molar-refractivity contribution in [3.63, 3.8) is 0 Å². The molecule has 3 atom stereocenters. The van der Waals surface area contributed by atoms with E-state index in [-0.39, 0.29) is 36.4 Å². The normalized spacial score (nSPS) is 29.6. The molecule has 25 heavy (non-hydrogen) atoms. The van der Waals surface area contributed by atoms with E-state index in [1.807, 2.05) is 0 Å². The summed E-state index contributed by atoms with van der Waals surface area (Å²) in [5, 5.41) is -0.667. The maximum Gasteiger partial charge on any atom is 0.415 e. The molecule has 2 aliphatic rings. The van der Waals surface area contributed by atoms with E-state index < -0.39 is 44.7 Å². The Hall–Kier alpha value is -2.49. The van der Waals surface area contributed by atoms with Crippen LogP contribution in [0.4, 0.5) is 14.9 Å². The Labute approximate surface area is 143 Å². The number of rotatable bonds is 3. The summed E-state index contributed by atoms with van der Waals surface area (Å²) in [5.74, 6) is -1.95. The largest absolute Gasteiger partial charge is 0.434 e. The molecule has 2 aliphatic heterocycles. The SMILES string of the molecule is N=[S@@]1(=O)CC[C@@H](c2ccc(N3C[C@H](C(N)=O)OC3=O)cc2F)CC1=O. The van der Waals surface area contributed by atoms with Gasteiger partial charge in [0, 0.05) is 12.2 Å². The second kappa shape index (κ2) is 6.10. The van der Waals surface area contributed by atoms with Crippen LogP contribution in [-0.4, -0.2) is 39.7 Å². The number of nitrogens with zero attached hydrogens (tertiary/aromatic N) is 1. The van der Waals surface area contributed by atoms with Crippen molar-refractivity contribution in [1.82, 2.24) is 0 Å². The number of cyclic esters (lactones) is 1. The predicted octanol–water partition coefficient (Wildman–Crippen LogP) is 1.09. The summed E-state index contributed by atoms with van der Waals surface area (Å²) in [7, 11) is -3.23. The minimum atomic E-state index is -3.23. The Bertz CT molecular complexity index is 870. The highest BCUT2D eigenvalue weighted by Crippen LogP contribution is 2.34. The molecule has 134 valence electrons. The number of anilines is 1. The third kappa shape index (κ3) is 3.21. The molecule has 0 spiro atoms. The van der Waals surface area contributed by atoms with Crippen LogP contribution in [0, 0.1) is 10.6 Å². The van der Waals surface area contributed by atoms with Crippen molar-refractivity contribution in [2.75, 3.05) is 17.2 Å². The van der Waals surface area contributed by atoms with Gasteiger partial charge in [0.1, 0.15) is 15.5 Å². The highest BCUT2D eigenvalue weighted by atomic mass is 32.2. The Morgan fingerprint density at radius 1 is 1.40 bits per heavy atom. The van der Waals surface area contributed by atoms with Gasteiger partial charge in [-0.15, -0.1) is 0 Å². The van der Waals surface area contributed by atoms with Crippen LogP contribution in [0.1, 0.15) is 24.3 Å². The standard InChI is InChI=1S/C15H16FN3O5S/c16-11-6-9(19-7-12(14(17)21)24-15(19)22)1-2-10(11)8-3-4-25(18,23)13(20)5-8/h1-2,6,8,12,18H,3-5,7H2,(H2,17,21)/t8-,12-,25-/m1/s1. The van der Waals surface area contributed by atoms with Crippen molar-refractivity contribution in [1.29, 1.82) is 4.78 Å². The zero-order valence-electron chi connectivity index (χ0n) is 13.1. The van der Waals surface area contributed by atoms with Gasteiger partial charge in [-0.25, -0.2) is 18.2 Å². The van der Waals surface area contributed by atoms with Crippen LogP contribution >= 0.6 is 0 Å². The second-order valence-electron chi connectivity index (χ2n) is 6.03. The van der Waals surface area contributed by atoms with Crippen LogP contribution < -0.4 is 10.6 Å². The molecule has 8 nitrogen and oxygen atoms in total. The molecule has 0 aliphatic carbocycles. The van der Waals surface area contributed by atoms with Gasteiger partial charge in [0.2, 0.25) is 5.12 Å². The summed E-state index contributed by atoms with van der Waals surface area (Å²) in [4.78, 5) is 35.7. The highest BCUT2D eigenvalue weighted by molar-refractivity contribution is 8.07. The quantitative estimate of drug-likeness (QED) is 0.823. The summed E-state index contributed by atoms with van der Waals surface area (Å²) < 4.78 is 38.4. The van der Waals surface area contributed by atoms with E-state index in [0.717, 1.165) is 11.0 Å². The fourth-order valence-corrected chi connectivity index (χ4v) is 4.28. The number of primary amides is 1. The number of benzene rings is 1. The minimum Gasteiger partial charge on any atom is -0.434 e. The number of nitrogens with one attached hydrogen (secondary N) is 1. The fraction of sp³-hybridized carbons (Fsp3) is 0.400. The molecule has 0 bridgehead atoms. The van der Waals surface area contributed by atoms with E-state index in [9.17, 15) is 23.0 Å². The molecular formula is C15H16FN3O5S. The number of amides is 2. The lowest BCUT2D eigenvalue weighted by molar-refractivity contribution is -0.124. The molecule has 2 saturated heterocycles. The van der Waals surface area contributed by atoms with Crippen molar-refractivity contribution in [2.24, 2.45) is 5.73 Å². The van der Waals surface area contributed by atoms with Crippen molar-refractivity contribution in [3.05, 3.63) is 29.6 Å². The van der Waals surface area contributed by atoms with E-state index in [4.69, 9.17) is 15.3 Å². The molecule has 0 radical (unpaired) electrons. The van der Waals surface area contributed by atoms with Gasteiger partial charge in [-0.05, 0) is 30.0 Å². The van der Waals surface area contributed by atoms with Gasteiger partial charge in [0.15, 0.2) is 6.10 Å². The summed E-state index contributed by atoms with van der Waals surface area (Å²) in [6, 6.07) is 4.06. The maximum atomic E-state index is 14.5. The Balaban J connectivity index is 1.81. The Morgan fingerprint density at radius 3 is 2.68 bits per heavy atom. The highest BCUT2D eigenvalue weighted by Gasteiger charge is 2.36.